The fourth-order valence-electron chi connectivity index (χ4n) is 1.57. The smallest absolute Gasteiger partial charge is 0.306 e. The minimum Gasteiger partial charge on any atom is -0.469 e. The van der Waals surface area contributed by atoms with Crippen LogP contribution in [0.3, 0.4) is 0 Å². The van der Waals surface area contributed by atoms with Crippen molar-refractivity contribution in [2.75, 3.05) is 12.9 Å². The quantitative estimate of drug-likeness (QED) is 0.616. The van der Waals surface area contributed by atoms with E-state index in [1.807, 2.05) is 25.4 Å². The molecular formula is C12H14N2O2S. The number of carbonyl (C=O) groups is 1. The van der Waals surface area contributed by atoms with Crippen molar-refractivity contribution in [3.05, 3.63) is 24.4 Å². The van der Waals surface area contributed by atoms with E-state index in [1.54, 1.807) is 16.4 Å². The van der Waals surface area contributed by atoms with Crippen LogP contribution >= 0.6 is 11.8 Å². The molecule has 5 heteroatoms. The van der Waals surface area contributed by atoms with Gasteiger partial charge in [0.1, 0.15) is 0 Å². The van der Waals surface area contributed by atoms with Crippen LogP contribution in [0, 0.1) is 0 Å². The zero-order valence-corrected chi connectivity index (χ0v) is 10.7. The van der Waals surface area contributed by atoms with E-state index in [2.05, 4.69) is 15.9 Å². The highest BCUT2D eigenvalue weighted by atomic mass is 32.2. The molecule has 0 aliphatic heterocycles. The molecule has 0 saturated heterocycles. The molecule has 0 unspecified atom stereocenters. The topological polar surface area (TPSA) is 44.1 Å². The van der Waals surface area contributed by atoms with Crippen LogP contribution in [-0.4, -0.2) is 28.6 Å². The summed E-state index contributed by atoms with van der Waals surface area (Å²) in [7, 11) is 3.32. The Morgan fingerprint density at radius 2 is 2.35 bits per heavy atom. The van der Waals surface area contributed by atoms with Gasteiger partial charge < -0.3 is 4.74 Å². The van der Waals surface area contributed by atoms with Gasteiger partial charge in [-0.15, -0.1) is 11.8 Å². The average molecular weight is 250 g/mol. The first-order valence-electron chi connectivity index (χ1n) is 5.32. The van der Waals surface area contributed by atoms with Gasteiger partial charge in [-0.1, -0.05) is 0 Å². The number of fused-ring (bicyclic) bond motifs is 1. The van der Waals surface area contributed by atoms with Crippen LogP contribution in [0.2, 0.25) is 0 Å². The van der Waals surface area contributed by atoms with E-state index in [0.29, 0.717) is 6.42 Å². The van der Waals surface area contributed by atoms with Crippen molar-refractivity contribution in [1.29, 1.82) is 0 Å². The molecule has 0 atom stereocenters. The Labute approximate surface area is 104 Å². The second-order valence-electron chi connectivity index (χ2n) is 3.70. The van der Waals surface area contributed by atoms with Gasteiger partial charge in [0.25, 0.3) is 0 Å². The van der Waals surface area contributed by atoms with Gasteiger partial charge in [-0.3, -0.25) is 9.48 Å². The van der Waals surface area contributed by atoms with Crippen molar-refractivity contribution in [2.24, 2.45) is 7.05 Å². The van der Waals surface area contributed by atoms with Crippen LogP contribution in [0.1, 0.15) is 6.42 Å². The summed E-state index contributed by atoms with van der Waals surface area (Å²) in [5.41, 5.74) is 0.991. The van der Waals surface area contributed by atoms with Gasteiger partial charge in [0.15, 0.2) is 0 Å². The highest BCUT2D eigenvalue weighted by Crippen LogP contribution is 2.23. The Hall–Kier alpha value is -1.49. The zero-order chi connectivity index (χ0) is 12.3. The maximum Gasteiger partial charge on any atom is 0.306 e. The number of methoxy groups -OCH3 is 1. The van der Waals surface area contributed by atoms with Crippen molar-refractivity contribution in [3.8, 4) is 0 Å². The molecule has 1 aromatic carbocycles. The van der Waals surface area contributed by atoms with Crippen molar-refractivity contribution in [3.63, 3.8) is 0 Å². The lowest BCUT2D eigenvalue weighted by atomic mass is 10.3. The summed E-state index contributed by atoms with van der Waals surface area (Å²) in [6, 6.07) is 6.11. The van der Waals surface area contributed by atoms with Crippen molar-refractivity contribution < 1.29 is 9.53 Å². The first kappa shape index (κ1) is 12.0. The number of aromatic nitrogens is 2. The van der Waals surface area contributed by atoms with E-state index in [0.717, 1.165) is 21.6 Å². The fraction of sp³-hybridized carbons (Fsp3) is 0.333. The maximum absolute atomic E-state index is 11.0. The van der Waals surface area contributed by atoms with Gasteiger partial charge in [0.2, 0.25) is 0 Å². The number of ether oxygens (including phenoxy) is 1. The molecule has 0 saturated carbocycles. The molecular weight excluding hydrogens is 236 g/mol. The van der Waals surface area contributed by atoms with Crippen molar-refractivity contribution in [2.45, 2.75) is 11.3 Å². The third-order valence-electron chi connectivity index (χ3n) is 2.39. The lowest BCUT2D eigenvalue weighted by molar-refractivity contribution is -0.140. The molecule has 1 heterocycles. The monoisotopic (exact) mass is 250 g/mol. The molecule has 0 N–H and O–H groups in total. The van der Waals surface area contributed by atoms with Crippen LogP contribution in [-0.2, 0) is 16.6 Å². The SMILES string of the molecule is COC(=O)CCSc1ccc2nn(C)cc2c1. The molecule has 0 fully saturated rings. The van der Waals surface area contributed by atoms with Gasteiger partial charge in [0, 0.05) is 29.3 Å². The summed E-state index contributed by atoms with van der Waals surface area (Å²) in [6.45, 7) is 0. The van der Waals surface area contributed by atoms with E-state index >= 15 is 0 Å². The number of hydrogen-bond acceptors (Lipinski definition) is 4. The van der Waals surface area contributed by atoms with Crippen LogP contribution < -0.4 is 0 Å². The van der Waals surface area contributed by atoms with E-state index in [4.69, 9.17) is 0 Å². The third kappa shape index (κ3) is 3.00. The number of carbonyl (C=O) groups excluding carboxylic acids is 1. The summed E-state index contributed by atoms with van der Waals surface area (Å²) < 4.78 is 6.40. The first-order chi connectivity index (χ1) is 8.19. The summed E-state index contributed by atoms with van der Waals surface area (Å²) in [5.74, 6) is 0.568. The molecule has 0 spiro atoms. The number of rotatable bonds is 4. The van der Waals surface area contributed by atoms with Crippen LogP contribution in [0.5, 0.6) is 0 Å². The molecule has 0 bridgehead atoms. The van der Waals surface area contributed by atoms with Gasteiger partial charge in [-0.25, -0.2) is 0 Å². The number of thioether (sulfide) groups is 1. The molecule has 2 rings (SSSR count). The molecule has 1 aromatic heterocycles. The van der Waals surface area contributed by atoms with Crippen LogP contribution in [0.25, 0.3) is 10.9 Å². The Morgan fingerprint density at radius 3 is 3.12 bits per heavy atom. The molecule has 0 radical (unpaired) electrons. The first-order valence-corrected chi connectivity index (χ1v) is 6.30. The average Bonchev–Trinajstić information content (AvgIpc) is 2.68. The Kier molecular flexibility index (Phi) is 3.68. The number of aryl methyl sites for hydroxylation is 1. The highest BCUT2D eigenvalue weighted by Gasteiger charge is 2.03. The van der Waals surface area contributed by atoms with E-state index in [9.17, 15) is 4.79 Å². The Bertz CT molecular complexity index is 536. The predicted molar refractivity (Wildman–Crippen MR) is 68.1 cm³/mol. The van der Waals surface area contributed by atoms with Gasteiger partial charge in [-0.2, -0.15) is 5.10 Å². The molecule has 17 heavy (non-hydrogen) atoms. The third-order valence-corrected chi connectivity index (χ3v) is 3.39. The van der Waals surface area contributed by atoms with E-state index < -0.39 is 0 Å². The summed E-state index contributed by atoms with van der Waals surface area (Å²) in [6.07, 6.45) is 2.42. The minimum atomic E-state index is -0.167. The number of hydrogen-bond donors (Lipinski definition) is 0. The lowest BCUT2D eigenvalue weighted by Crippen LogP contribution is -2.00. The highest BCUT2D eigenvalue weighted by molar-refractivity contribution is 7.99. The Balaban J connectivity index is 2.01. The maximum atomic E-state index is 11.0. The minimum absolute atomic E-state index is 0.167. The number of nitrogens with zero attached hydrogens (tertiary/aromatic N) is 2. The second kappa shape index (κ2) is 5.23. The van der Waals surface area contributed by atoms with Crippen molar-refractivity contribution in [1.82, 2.24) is 9.78 Å². The molecule has 0 aliphatic rings. The second-order valence-corrected chi connectivity index (χ2v) is 4.87. The lowest BCUT2D eigenvalue weighted by Gasteiger charge is -2.00. The molecule has 2 aromatic rings. The zero-order valence-electron chi connectivity index (χ0n) is 9.84. The summed E-state index contributed by atoms with van der Waals surface area (Å²) in [5, 5.41) is 5.43. The van der Waals surface area contributed by atoms with E-state index in [1.165, 1.54) is 7.11 Å². The molecule has 4 nitrogen and oxygen atoms in total. The number of benzene rings is 1. The van der Waals surface area contributed by atoms with Crippen molar-refractivity contribution >= 4 is 28.6 Å². The standard InChI is InChI=1S/C12H14N2O2S/c1-14-8-9-7-10(3-4-11(9)13-14)17-6-5-12(15)16-2/h3-4,7-8H,5-6H2,1-2H3. The predicted octanol–water partition coefficient (Wildman–Crippen LogP) is 2.23. The molecule has 0 aliphatic carbocycles. The van der Waals surface area contributed by atoms with Gasteiger partial charge in [-0.05, 0) is 18.2 Å². The van der Waals surface area contributed by atoms with Gasteiger partial charge in [0.05, 0.1) is 19.0 Å². The fourth-order valence-corrected chi connectivity index (χ4v) is 2.45. The Morgan fingerprint density at radius 1 is 1.53 bits per heavy atom. The molecule has 90 valence electrons. The van der Waals surface area contributed by atoms with Crippen LogP contribution in [0.15, 0.2) is 29.3 Å². The molecule has 0 amide bonds. The van der Waals surface area contributed by atoms with Crippen LogP contribution in [0.4, 0.5) is 0 Å². The normalized spacial score (nSPS) is 10.7. The van der Waals surface area contributed by atoms with Gasteiger partial charge >= 0.3 is 5.97 Å². The van der Waals surface area contributed by atoms with E-state index in [-0.39, 0.29) is 5.97 Å². The largest absolute Gasteiger partial charge is 0.469 e. The number of esters is 1. The summed E-state index contributed by atoms with van der Waals surface area (Å²) >= 11 is 1.65. The summed E-state index contributed by atoms with van der Waals surface area (Å²) in [4.78, 5) is 12.1.